The summed E-state index contributed by atoms with van der Waals surface area (Å²) in [5.74, 6) is -2.17. The normalized spacial score (nSPS) is 24.7. The Hall–Kier alpha value is -2.26. The van der Waals surface area contributed by atoms with Gasteiger partial charge in [0.25, 0.3) is 0 Å². The predicted molar refractivity (Wildman–Crippen MR) is 97.8 cm³/mol. The number of ketones is 1. The number of nitrogens with one attached hydrogen (secondary N) is 1. The Morgan fingerprint density at radius 1 is 1.19 bits per heavy atom. The van der Waals surface area contributed by atoms with Crippen molar-refractivity contribution >= 4 is 23.6 Å². The third-order valence-electron chi connectivity index (χ3n) is 5.16. The van der Waals surface area contributed by atoms with Crippen LogP contribution in [-0.2, 0) is 19.2 Å². The highest BCUT2D eigenvalue weighted by Gasteiger charge is 2.46. The zero-order chi connectivity index (χ0) is 20.2. The van der Waals surface area contributed by atoms with Gasteiger partial charge in [-0.1, -0.05) is 0 Å². The quantitative estimate of drug-likeness (QED) is 0.553. The van der Waals surface area contributed by atoms with Crippen molar-refractivity contribution in [2.24, 2.45) is 5.41 Å². The number of nitrogens with zero attached hydrogens (tertiary/aromatic N) is 3. The lowest BCUT2D eigenvalue weighted by atomic mass is 9.76. The summed E-state index contributed by atoms with van der Waals surface area (Å²) in [4.78, 5) is 53.6. The number of carbonyl (C=O) groups is 4. The summed E-state index contributed by atoms with van der Waals surface area (Å²) in [7, 11) is 2.04. The molecule has 0 aromatic rings. The Morgan fingerprint density at radius 2 is 1.81 bits per heavy atom. The van der Waals surface area contributed by atoms with Crippen LogP contribution in [0.25, 0.3) is 0 Å². The number of likely N-dealkylation sites (N-methyl/N-ethyl adjacent to an activating group) is 1. The van der Waals surface area contributed by atoms with E-state index in [4.69, 9.17) is 5.11 Å². The monoisotopic (exact) mass is 380 g/mol. The maximum Gasteiger partial charge on any atom is 0.323 e. The molecule has 0 bridgehead atoms. The molecule has 1 fully saturated rings. The molecule has 0 aromatic carbocycles. The molecule has 27 heavy (non-hydrogen) atoms. The van der Waals surface area contributed by atoms with Crippen LogP contribution >= 0.6 is 0 Å². The maximum atomic E-state index is 12.6. The average Bonchev–Trinajstić information content (AvgIpc) is 2.60. The number of hydrogen-bond acceptors (Lipinski definition) is 6. The van der Waals surface area contributed by atoms with Crippen LogP contribution in [0.4, 0.5) is 0 Å². The van der Waals surface area contributed by atoms with E-state index in [1.165, 1.54) is 13.1 Å². The molecule has 1 saturated heterocycles. The van der Waals surface area contributed by atoms with Gasteiger partial charge in [-0.2, -0.15) is 0 Å². The number of carboxylic acid groups (broad SMARTS) is 1. The summed E-state index contributed by atoms with van der Waals surface area (Å²) >= 11 is 0. The Labute approximate surface area is 159 Å². The minimum Gasteiger partial charge on any atom is -0.480 e. The number of carboxylic acids is 1. The van der Waals surface area contributed by atoms with Gasteiger partial charge in [-0.3, -0.25) is 24.1 Å². The minimum absolute atomic E-state index is 0.125. The van der Waals surface area contributed by atoms with Crippen LogP contribution in [0.15, 0.2) is 11.8 Å². The van der Waals surface area contributed by atoms with Crippen molar-refractivity contribution in [1.29, 1.82) is 0 Å². The van der Waals surface area contributed by atoms with Gasteiger partial charge in [-0.05, 0) is 27.3 Å². The number of rotatable bonds is 7. The van der Waals surface area contributed by atoms with Crippen molar-refractivity contribution in [2.45, 2.75) is 20.3 Å². The van der Waals surface area contributed by atoms with Crippen LogP contribution in [0.1, 0.15) is 20.3 Å². The minimum atomic E-state index is -1.37. The second-order valence-corrected chi connectivity index (χ2v) is 7.48. The SMILES string of the molecule is CC1=CN(CC(=O)O)C(=O)[C@](C)(CCNC(=O)CN2CCN(C)CC2)C1=O. The Balaban J connectivity index is 1.90. The van der Waals surface area contributed by atoms with E-state index in [1.807, 2.05) is 7.05 Å². The van der Waals surface area contributed by atoms with Crippen LogP contribution in [0, 0.1) is 5.41 Å². The van der Waals surface area contributed by atoms with Gasteiger partial charge >= 0.3 is 5.97 Å². The molecule has 2 rings (SSSR count). The summed E-state index contributed by atoms with van der Waals surface area (Å²) in [6.45, 7) is 6.53. The molecular formula is C18H28N4O5. The number of allylic oxidation sites excluding steroid dienone is 1. The molecule has 2 heterocycles. The molecule has 0 saturated carbocycles. The first-order chi connectivity index (χ1) is 12.6. The van der Waals surface area contributed by atoms with E-state index in [1.54, 1.807) is 6.92 Å². The molecule has 0 unspecified atom stereocenters. The van der Waals surface area contributed by atoms with Gasteiger partial charge in [-0.15, -0.1) is 0 Å². The summed E-state index contributed by atoms with van der Waals surface area (Å²) in [5.41, 5.74) is -1.03. The van der Waals surface area contributed by atoms with Gasteiger partial charge in [0.1, 0.15) is 12.0 Å². The van der Waals surface area contributed by atoms with E-state index in [2.05, 4.69) is 15.1 Å². The smallest absolute Gasteiger partial charge is 0.323 e. The van der Waals surface area contributed by atoms with E-state index >= 15 is 0 Å². The van der Waals surface area contributed by atoms with Gasteiger partial charge in [0.05, 0.1) is 6.54 Å². The van der Waals surface area contributed by atoms with Gasteiger partial charge in [0, 0.05) is 44.5 Å². The molecule has 2 aliphatic heterocycles. The van der Waals surface area contributed by atoms with Crippen LogP contribution in [0.5, 0.6) is 0 Å². The standard InChI is InChI=1S/C18H28N4O5/c1-13-10-22(12-15(24)25)17(27)18(2,16(13)26)4-5-19-14(23)11-21-8-6-20(3)7-9-21/h10H,4-9,11-12H2,1-3H3,(H,19,23)(H,24,25)/t18-/m1/s1. The molecule has 9 heteroatoms. The molecule has 0 aliphatic carbocycles. The van der Waals surface area contributed by atoms with Crippen molar-refractivity contribution in [1.82, 2.24) is 20.0 Å². The van der Waals surface area contributed by atoms with Crippen LogP contribution in [0.2, 0.25) is 0 Å². The molecule has 0 radical (unpaired) electrons. The molecule has 0 spiro atoms. The summed E-state index contributed by atoms with van der Waals surface area (Å²) in [6.07, 6.45) is 1.41. The van der Waals surface area contributed by atoms with Crippen LogP contribution in [-0.4, -0.2) is 96.2 Å². The first-order valence-corrected chi connectivity index (χ1v) is 9.07. The summed E-state index contributed by atoms with van der Waals surface area (Å²) < 4.78 is 0. The fraction of sp³-hybridized carbons (Fsp3) is 0.667. The second-order valence-electron chi connectivity index (χ2n) is 7.48. The van der Waals surface area contributed by atoms with E-state index in [9.17, 15) is 19.2 Å². The fourth-order valence-electron chi connectivity index (χ4n) is 3.40. The molecule has 2 amide bonds. The zero-order valence-corrected chi connectivity index (χ0v) is 16.2. The molecule has 1 atom stereocenters. The maximum absolute atomic E-state index is 12.6. The topological polar surface area (TPSA) is 110 Å². The van der Waals surface area contributed by atoms with E-state index in [-0.39, 0.29) is 31.2 Å². The molecule has 150 valence electrons. The first kappa shape index (κ1) is 21.0. The number of carbonyl (C=O) groups excluding carboxylic acids is 3. The Morgan fingerprint density at radius 3 is 2.41 bits per heavy atom. The van der Waals surface area contributed by atoms with E-state index in [0.29, 0.717) is 5.57 Å². The van der Waals surface area contributed by atoms with E-state index in [0.717, 1.165) is 31.1 Å². The lowest BCUT2D eigenvalue weighted by Crippen LogP contribution is -2.52. The number of hydrogen-bond donors (Lipinski definition) is 2. The van der Waals surface area contributed by atoms with Crippen molar-refractivity contribution < 1.29 is 24.3 Å². The third-order valence-corrected chi connectivity index (χ3v) is 5.16. The zero-order valence-electron chi connectivity index (χ0n) is 16.2. The number of piperazine rings is 1. The van der Waals surface area contributed by atoms with Crippen molar-refractivity contribution in [3.63, 3.8) is 0 Å². The van der Waals surface area contributed by atoms with Crippen LogP contribution < -0.4 is 5.32 Å². The molecule has 9 nitrogen and oxygen atoms in total. The van der Waals surface area contributed by atoms with Gasteiger partial charge < -0.3 is 20.2 Å². The lowest BCUT2D eigenvalue weighted by Gasteiger charge is -2.35. The highest BCUT2D eigenvalue weighted by molar-refractivity contribution is 6.15. The second kappa shape index (κ2) is 8.62. The third kappa shape index (κ3) is 5.14. The lowest BCUT2D eigenvalue weighted by molar-refractivity contribution is -0.152. The van der Waals surface area contributed by atoms with Crippen LogP contribution in [0.3, 0.4) is 0 Å². The Kier molecular flexibility index (Phi) is 6.72. The molecule has 2 N–H and O–H groups in total. The van der Waals surface area contributed by atoms with Crippen molar-refractivity contribution in [2.75, 3.05) is 52.9 Å². The first-order valence-electron chi connectivity index (χ1n) is 9.07. The van der Waals surface area contributed by atoms with Gasteiger partial charge in [0.15, 0.2) is 5.78 Å². The largest absolute Gasteiger partial charge is 0.480 e. The highest BCUT2D eigenvalue weighted by Crippen LogP contribution is 2.32. The van der Waals surface area contributed by atoms with Crippen molar-refractivity contribution in [3.8, 4) is 0 Å². The number of aliphatic carboxylic acids is 1. The molecule has 0 aromatic heterocycles. The molecule has 2 aliphatic rings. The summed E-state index contributed by atoms with van der Waals surface area (Å²) in [6, 6.07) is 0. The van der Waals surface area contributed by atoms with E-state index < -0.39 is 23.8 Å². The number of amides is 2. The van der Waals surface area contributed by atoms with Gasteiger partial charge in [-0.25, -0.2) is 0 Å². The van der Waals surface area contributed by atoms with Gasteiger partial charge in [0.2, 0.25) is 11.8 Å². The predicted octanol–water partition coefficient (Wildman–Crippen LogP) is -0.854. The highest BCUT2D eigenvalue weighted by atomic mass is 16.4. The fourth-order valence-corrected chi connectivity index (χ4v) is 3.40. The summed E-state index contributed by atoms with van der Waals surface area (Å²) in [5, 5.41) is 11.7. The molecular weight excluding hydrogens is 352 g/mol. The Bertz CT molecular complexity index is 654. The van der Waals surface area contributed by atoms with Crippen molar-refractivity contribution in [3.05, 3.63) is 11.8 Å². The average molecular weight is 380 g/mol. The number of Topliss-reactive ketones (excluding diaryl/α,β-unsaturated/α-hetero) is 1.